The van der Waals surface area contributed by atoms with E-state index in [4.69, 9.17) is 18.9 Å². The molecule has 59 heavy (non-hydrogen) atoms. The minimum absolute atomic E-state index is 0.0765. The van der Waals surface area contributed by atoms with Gasteiger partial charge in [-0.25, -0.2) is 0 Å². The van der Waals surface area contributed by atoms with Crippen LogP contribution in [-0.2, 0) is 23.8 Å². The Bertz CT molecular complexity index is 1960. The first-order valence-electron chi connectivity index (χ1n) is 20.4. The fourth-order valence-electron chi connectivity index (χ4n) is 8.48. The first kappa shape index (κ1) is 45.4. The summed E-state index contributed by atoms with van der Waals surface area (Å²) in [7, 11) is 3.44. The van der Waals surface area contributed by atoms with Gasteiger partial charge in [-0.05, 0) is 38.8 Å². The molecule has 10 atom stereocenters. The Morgan fingerprint density at radius 1 is 0.949 bits per heavy atom. The van der Waals surface area contributed by atoms with Crippen molar-refractivity contribution < 1.29 is 58.9 Å². The quantitative estimate of drug-likeness (QED) is 0.107. The number of phenols is 3. The van der Waals surface area contributed by atoms with Gasteiger partial charge in [0, 0.05) is 81.8 Å². The van der Waals surface area contributed by atoms with Gasteiger partial charge >= 0.3 is 11.8 Å². The van der Waals surface area contributed by atoms with Crippen LogP contribution < -0.4 is 10.1 Å². The summed E-state index contributed by atoms with van der Waals surface area (Å²) in [6.45, 7) is 15.6. The molecule has 16 nitrogen and oxygen atoms in total. The number of fused-ring (bicyclic) bond motifs is 16. The van der Waals surface area contributed by atoms with Gasteiger partial charge in [0.05, 0.1) is 53.0 Å². The number of benzene rings is 2. The van der Waals surface area contributed by atoms with Crippen molar-refractivity contribution in [3.63, 3.8) is 0 Å². The molecule has 1 saturated heterocycles. The predicted molar refractivity (Wildman–Crippen MR) is 221 cm³/mol. The Kier molecular flexibility index (Phi) is 14.1. The fraction of sp³-hybridized carbons (Fsp3) is 0.628. The zero-order valence-electron chi connectivity index (χ0n) is 35.8. The molecule has 6 N–H and O–H groups in total. The van der Waals surface area contributed by atoms with Crippen LogP contribution in [0.2, 0.25) is 0 Å². The number of carbonyl (C=O) groups excluding carboxylic acids is 3. The number of aliphatic hydroxyl groups excluding tert-OH is 2. The standard InChI is InChI=1S/C43H62N4O12/c1-21-12-11-13-22(2)42(55)45-33-28(20-44-47-17-15-46(9)16-18-47)37(52)30-31(38(33)53)36(51)26(6)40-32(30)41(54)43(8,59-40)57-19-14-29(56-10)23(3)39(58-27(7)48)25(5)35(50)24(4)34(21)49/h14,19-25,29,34-35,39,49-53H,11-13,15-18H2,1-10H3,(H,45,55)/b19-14+,44-20+/t21-,22?,23-,24-,25+,29+,34-,35+,39-,43+/m1/s1. The summed E-state index contributed by atoms with van der Waals surface area (Å²) in [5.74, 6) is -8.24. The summed E-state index contributed by atoms with van der Waals surface area (Å²) in [5, 5.41) is 67.2. The Morgan fingerprint density at radius 3 is 2.24 bits per heavy atom. The monoisotopic (exact) mass is 826 g/mol. The smallest absolute Gasteiger partial charge is 0.312 e. The number of nitrogens with one attached hydrogen (secondary N) is 1. The number of hydrogen-bond acceptors (Lipinski definition) is 15. The molecule has 1 amide bonds. The fourth-order valence-corrected chi connectivity index (χ4v) is 8.48. The van der Waals surface area contributed by atoms with E-state index in [1.54, 1.807) is 32.7 Å². The number of amides is 1. The molecule has 1 fully saturated rings. The number of rotatable bonds is 4. The van der Waals surface area contributed by atoms with E-state index in [0.717, 1.165) is 13.1 Å². The minimum Gasteiger partial charge on any atom is -0.507 e. The highest BCUT2D eigenvalue weighted by Gasteiger charge is 2.50. The van der Waals surface area contributed by atoms with E-state index in [-0.39, 0.29) is 44.8 Å². The van der Waals surface area contributed by atoms with Gasteiger partial charge in [0.15, 0.2) is 5.75 Å². The van der Waals surface area contributed by atoms with Crippen molar-refractivity contribution in [3.05, 3.63) is 29.0 Å². The number of methoxy groups -OCH3 is 1. The SMILES string of the molecule is CO[C@H]1/C=C/O[C@@]2(C)Oc3c(C)c(O)c4c(O)c(c(/C=N/N5CCN(C)CC5)c(O)c4c3C2=O)NC(=O)C(C)CCC[C@@H](C)[C@@H](O)[C@@H](C)[C@H](O)[C@H](C)[C@H](OC(C)=O)[C@@H]1C. The second kappa shape index (κ2) is 18.3. The molecule has 0 aliphatic carbocycles. The van der Waals surface area contributed by atoms with Crippen molar-refractivity contribution in [2.24, 2.45) is 34.7 Å². The predicted octanol–water partition coefficient (Wildman–Crippen LogP) is 4.64. The van der Waals surface area contributed by atoms with Crippen LogP contribution in [0.5, 0.6) is 23.0 Å². The van der Waals surface area contributed by atoms with Crippen LogP contribution in [0.25, 0.3) is 10.8 Å². The number of hydrogen-bond donors (Lipinski definition) is 6. The number of anilines is 1. The molecular formula is C43H62N4O12. The molecule has 16 heteroatoms. The summed E-state index contributed by atoms with van der Waals surface area (Å²) in [4.78, 5) is 42.8. The van der Waals surface area contributed by atoms with Crippen LogP contribution in [-0.4, -0.2) is 130 Å². The van der Waals surface area contributed by atoms with E-state index in [1.807, 2.05) is 14.0 Å². The number of ether oxygens (including phenoxy) is 4. The maximum atomic E-state index is 14.4. The Labute approximate surface area is 345 Å². The molecule has 2 aromatic carbocycles. The number of hydrazone groups is 1. The maximum Gasteiger partial charge on any atom is 0.312 e. The van der Waals surface area contributed by atoms with Crippen molar-refractivity contribution in [2.45, 2.75) is 105 Å². The van der Waals surface area contributed by atoms with Gasteiger partial charge in [0.1, 0.15) is 23.4 Å². The van der Waals surface area contributed by atoms with E-state index in [0.29, 0.717) is 32.4 Å². The van der Waals surface area contributed by atoms with Crippen molar-refractivity contribution in [2.75, 3.05) is 45.7 Å². The number of carbonyl (C=O) groups is 3. The van der Waals surface area contributed by atoms with Crippen LogP contribution in [0.3, 0.4) is 0 Å². The van der Waals surface area contributed by atoms with Crippen LogP contribution in [0.4, 0.5) is 5.69 Å². The summed E-state index contributed by atoms with van der Waals surface area (Å²) in [6, 6.07) is 0. The molecular weight excluding hydrogens is 764 g/mol. The van der Waals surface area contributed by atoms with Gasteiger partial charge in [-0.2, -0.15) is 5.10 Å². The summed E-state index contributed by atoms with van der Waals surface area (Å²) in [5.41, 5.74) is -0.370. The van der Waals surface area contributed by atoms with Gasteiger partial charge in [0.25, 0.3) is 5.78 Å². The summed E-state index contributed by atoms with van der Waals surface area (Å²) >= 11 is 0. The number of aromatic hydroxyl groups is 3. The minimum atomic E-state index is -2.03. The van der Waals surface area contributed by atoms with E-state index in [9.17, 15) is 39.9 Å². The number of phenolic OH excluding ortho intramolecular Hbond substituents is 3. The van der Waals surface area contributed by atoms with E-state index in [2.05, 4.69) is 15.3 Å². The second-order valence-corrected chi connectivity index (χ2v) is 16.9. The maximum absolute atomic E-state index is 14.4. The van der Waals surface area contributed by atoms with Crippen LogP contribution in [0, 0.1) is 36.5 Å². The lowest BCUT2D eigenvalue weighted by Gasteiger charge is -2.38. The topological polar surface area (TPSA) is 220 Å². The number of Topliss-reactive ketones (excluding diaryl/α,β-unsaturated/α-hetero) is 1. The molecule has 326 valence electrons. The van der Waals surface area contributed by atoms with Crippen molar-refractivity contribution >= 4 is 40.3 Å². The van der Waals surface area contributed by atoms with Crippen molar-refractivity contribution in [1.29, 1.82) is 0 Å². The lowest BCUT2D eigenvalue weighted by atomic mass is 9.77. The lowest BCUT2D eigenvalue weighted by molar-refractivity contribution is -0.160. The molecule has 1 unspecified atom stereocenters. The number of likely N-dealkylation sites (N-methyl/N-ethyl adjacent to an activating group) is 1. The van der Waals surface area contributed by atoms with E-state index in [1.165, 1.54) is 46.4 Å². The van der Waals surface area contributed by atoms with Crippen LogP contribution >= 0.6 is 0 Å². The number of aliphatic hydroxyl groups is 2. The van der Waals surface area contributed by atoms with E-state index < -0.39 is 88.8 Å². The number of ketones is 1. The molecule has 0 aromatic heterocycles. The van der Waals surface area contributed by atoms with Gasteiger partial charge in [0.2, 0.25) is 5.91 Å². The molecule has 0 saturated carbocycles. The lowest BCUT2D eigenvalue weighted by Crippen LogP contribution is -2.46. The highest BCUT2D eigenvalue weighted by atomic mass is 16.7. The Morgan fingerprint density at radius 2 is 1.61 bits per heavy atom. The van der Waals surface area contributed by atoms with Crippen LogP contribution in [0.15, 0.2) is 17.4 Å². The first-order valence-corrected chi connectivity index (χ1v) is 20.4. The average Bonchev–Trinajstić information content (AvgIpc) is 3.46. The highest BCUT2D eigenvalue weighted by molar-refractivity contribution is 6.23. The van der Waals surface area contributed by atoms with Gasteiger partial charge < -0.3 is 54.7 Å². The molecule has 6 rings (SSSR count). The molecule has 4 heterocycles. The average molecular weight is 827 g/mol. The van der Waals surface area contributed by atoms with Gasteiger partial charge in [-0.1, -0.05) is 41.0 Å². The van der Waals surface area contributed by atoms with Gasteiger partial charge in [-0.3, -0.25) is 19.4 Å². The normalized spacial score (nSPS) is 32.3. The third-order valence-corrected chi connectivity index (χ3v) is 12.5. The first-order chi connectivity index (χ1) is 27.7. The zero-order valence-corrected chi connectivity index (χ0v) is 35.8. The molecule has 0 spiro atoms. The number of esters is 1. The molecule has 5 bridgehead atoms. The molecule has 4 aliphatic rings. The third-order valence-electron chi connectivity index (χ3n) is 12.5. The zero-order chi connectivity index (χ0) is 43.7. The number of nitrogens with zero attached hydrogens (tertiary/aromatic N) is 3. The molecule has 0 radical (unpaired) electrons. The number of piperazine rings is 1. The van der Waals surface area contributed by atoms with E-state index >= 15 is 0 Å². The highest BCUT2D eigenvalue weighted by Crippen LogP contribution is 2.55. The Hall–Kier alpha value is -4.64. The van der Waals surface area contributed by atoms with Crippen LogP contribution in [0.1, 0.15) is 89.2 Å². The summed E-state index contributed by atoms with van der Waals surface area (Å²) < 4.78 is 23.7. The summed E-state index contributed by atoms with van der Waals surface area (Å²) in [6.07, 6.45) is 1.81. The largest absolute Gasteiger partial charge is 0.507 e. The second-order valence-electron chi connectivity index (χ2n) is 16.9. The van der Waals surface area contributed by atoms with Crippen molar-refractivity contribution in [3.8, 4) is 23.0 Å². The van der Waals surface area contributed by atoms with Gasteiger partial charge in [-0.15, -0.1) is 0 Å². The van der Waals surface area contributed by atoms with Crippen molar-refractivity contribution in [1.82, 2.24) is 9.91 Å². The molecule has 2 aromatic rings. The Balaban J connectivity index is 1.66. The third kappa shape index (κ3) is 9.10. The molecule has 4 aliphatic heterocycles.